The first-order valence-corrected chi connectivity index (χ1v) is 6.18. The zero-order valence-electron chi connectivity index (χ0n) is 10.3. The van der Waals surface area contributed by atoms with Gasteiger partial charge in [0, 0.05) is 18.7 Å². The lowest BCUT2D eigenvalue weighted by Crippen LogP contribution is -2.40. The van der Waals surface area contributed by atoms with Crippen molar-refractivity contribution in [3.8, 4) is 5.75 Å². The Kier molecular flexibility index (Phi) is 3.08. The topological polar surface area (TPSA) is 67.9 Å². The van der Waals surface area contributed by atoms with Crippen molar-refractivity contribution in [2.45, 2.75) is 0 Å². The van der Waals surface area contributed by atoms with Crippen molar-refractivity contribution in [1.29, 1.82) is 0 Å². The van der Waals surface area contributed by atoms with Crippen molar-refractivity contribution in [2.75, 3.05) is 38.2 Å². The maximum Gasteiger partial charge on any atom is 0.262 e. The van der Waals surface area contributed by atoms with Gasteiger partial charge in [-0.05, 0) is 18.2 Å². The van der Waals surface area contributed by atoms with Crippen molar-refractivity contribution in [3.63, 3.8) is 0 Å². The molecule has 0 aliphatic carbocycles. The third-order valence-electron chi connectivity index (χ3n) is 3.16. The Labute approximate surface area is 110 Å². The SMILES string of the molecule is O=C1COc2ccc(C(=O)N3CCOCC3)cc2N1. The van der Waals surface area contributed by atoms with E-state index in [1.54, 1.807) is 23.1 Å². The molecule has 1 N–H and O–H groups in total. The lowest BCUT2D eigenvalue weighted by molar-refractivity contribution is -0.118. The molecule has 100 valence electrons. The normalized spacial score (nSPS) is 18.3. The van der Waals surface area contributed by atoms with Gasteiger partial charge in [0.05, 0.1) is 18.9 Å². The second-order valence-electron chi connectivity index (χ2n) is 4.45. The number of amides is 2. The summed E-state index contributed by atoms with van der Waals surface area (Å²) in [5, 5.41) is 2.70. The molecule has 1 aromatic carbocycles. The second-order valence-corrected chi connectivity index (χ2v) is 4.45. The van der Waals surface area contributed by atoms with Crippen molar-refractivity contribution in [3.05, 3.63) is 23.8 Å². The minimum absolute atomic E-state index is 0.0176. The lowest BCUT2D eigenvalue weighted by atomic mass is 10.1. The number of ether oxygens (including phenoxy) is 2. The number of carbonyl (C=O) groups excluding carboxylic acids is 2. The Morgan fingerprint density at radius 1 is 1.26 bits per heavy atom. The molecule has 3 rings (SSSR count). The zero-order valence-corrected chi connectivity index (χ0v) is 10.3. The number of hydrogen-bond donors (Lipinski definition) is 1. The highest BCUT2D eigenvalue weighted by Gasteiger charge is 2.21. The summed E-state index contributed by atoms with van der Waals surface area (Å²) in [7, 11) is 0. The quantitative estimate of drug-likeness (QED) is 0.799. The summed E-state index contributed by atoms with van der Waals surface area (Å²) in [4.78, 5) is 25.3. The lowest BCUT2D eigenvalue weighted by Gasteiger charge is -2.27. The van der Waals surface area contributed by atoms with Crippen molar-refractivity contribution in [2.24, 2.45) is 0 Å². The van der Waals surface area contributed by atoms with Gasteiger partial charge in [-0.3, -0.25) is 9.59 Å². The minimum Gasteiger partial charge on any atom is -0.482 e. The molecule has 0 spiro atoms. The van der Waals surface area contributed by atoms with Gasteiger partial charge in [-0.25, -0.2) is 0 Å². The summed E-state index contributed by atoms with van der Waals surface area (Å²) < 4.78 is 10.5. The molecule has 1 fully saturated rings. The number of benzene rings is 1. The Balaban J connectivity index is 1.83. The number of hydrogen-bond acceptors (Lipinski definition) is 4. The average Bonchev–Trinajstić information content (AvgIpc) is 2.46. The maximum atomic E-state index is 12.3. The van der Waals surface area contributed by atoms with Crippen molar-refractivity contribution in [1.82, 2.24) is 4.90 Å². The van der Waals surface area contributed by atoms with E-state index in [1.807, 2.05) is 0 Å². The predicted molar refractivity (Wildman–Crippen MR) is 67.3 cm³/mol. The smallest absolute Gasteiger partial charge is 0.262 e. The fraction of sp³-hybridized carbons (Fsp3) is 0.385. The highest BCUT2D eigenvalue weighted by molar-refractivity contribution is 5.99. The van der Waals surface area contributed by atoms with Gasteiger partial charge in [0.1, 0.15) is 5.75 Å². The van der Waals surface area contributed by atoms with Gasteiger partial charge in [0.25, 0.3) is 11.8 Å². The number of morpholine rings is 1. The Hall–Kier alpha value is -2.08. The van der Waals surface area contributed by atoms with E-state index in [4.69, 9.17) is 9.47 Å². The van der Waals surface area contributed by atoms with Crippen LogP contribution in [0, 0.1) is 0 Å². The fourth-order valence-corrected chi connectivity index (χ4v) is 2.17. The zero-order chi connectivity index (χ0) is 13.2. The molecule has 2 aliphatic heterocycles. The number of rotatable bonds is 1. The third kappa shape index (κ3) is 2.39. The van der Waals surface area contributed by atoms with Crippen LogP contribution in [0.25, 0.3) is 0 Å². The molecule has 19 heavy (non-hydrogen) atoms. The highest BCUT2D eigenvalue weighted by atomic mass is 16.5. The standard InChI is InChI=1S/C13H14N2O4/c16-12-8-19-11-2-1-9(7-10(11)14-12)13(17)15-3-5-18-6-4-15/h1-2,7H,3-6,8H2,(H,14,16). The molecule has 0 aromatic heterocycles. The van der Waals surface area contributed by atoms with Crippen LogP contribution in [0.3, 0.4) is 0 Å². The van der Waals surface area contributed by atoms with Crippen molar-refractivity contribution < 1.29 is 19.1 Å². The molecule has 1 saturated heterocycles. The monoisotopic (exact) mass is 262 g/mol. The summed E-state index contributed by atoms with van der Waals surface area (Å²) in [5.41, 5.74) is 1.10. The van der Waals surface area contributed by atoms with E-state index < -0.39 is 0 Å². The molecule has 6 heteroatoms. The molecule has 6 nitrogen and oxygen atoms in total. The molecular formula is C13H14N2O4. The van der Waals surface area contributed by atoms with Gasteiger partial charge in [0.15, 0.2) is 6.61 Å². The molecule has 0 radical (unpaired) electrons. The van der Waals surface area contributed by atoms with Crippen LogP contribution in [-0.4, -0.2) is 49.6 Å². The van der Waals surface area contributed by atoms with Crippen LogP contribution in [0.15, 0.2) is 18.2 Å². The van der Waals surface area contributed by atoms with Crippen LogP contribution < -0.4 is 10.1 Å². The third-order valence-corrected chi connectivity index (χ3v) is 3.16. The number of fused-ring (bicyclic) bond motifs is 1. The number of nitrogens with zero attached hydrogens (tertiary/aromatic N) is 1. The van der Waals surface area contributed by atoms with Gasteiger partial charge in [-0.2, -0.15) is 0 Å². The number of carbonyl (C=O) groups is 2. The van der Waals surface area contributed by atoms with Gasteiger partial charge in [-0.15, -0.1) is 0 Å². The highest BCUT2D eigenvalue weighted by Crippen LogP contribution is 2.28. The molecule has 2 amide bonds. The van der Waals surface area contributed by atoms with Crippen LogP contribution >= 0.6 is 0 Å². The van der Waals surface area contributed by atoms with Gasteiger partial charge in [0.2, 0.25) is 0 Å². The summed E-state index contributed by atoms with van der Waals surface area (Å²) in [6, 6.07) is 5.08. The van der Waals surface area contributed by atoms with E-state index in [0.717, 1.165) is 0 Å². The average molecular weight is 262 g/mol. The van der Waals surface area contributed by atoms with Crippen LogP contribution in [0.5, 0.6) is 5.75 Å². The Morgan fingerprint density at radius 3 is 2.84 bits per heavy atom. The fourth-order valence-electron chi connectivity index (χ4n) is 2.17. The minimum atomic E-state index is -0.205. The largest absolute Gasteiger partial charge is 0.482 e. The first-order valence-electron chi connectivity index (χ1n) is 6.18. The molecule has 0 bridgehead atoms. The van der Waals surface area contributed by atoms with Gasteiger partial charge >= 0.3 is 0 Å². The first-order chi connectivity index (χ1) is 9.24. The molecule has 0 saturated carbocycles. The maximum absolute atomic E-state index is 12.3. The molecule has 0 unspecified atom stereocenters. The van der Waals surface area contributed by atoms with Crippen LogP contribution in [0.2, 0.25) is 0 Å². The van der Waals surface area contributed by atoms with E-state index in [-0.39, 0.29) is 18.4 Å². The van der Waals surface area contributed by atoms with E-state index >= 15 is 0 Å². The van der Waals surface area contributed by atoms with Gasteiger partial charge in [-0.1, -0.05) is 0 Å². The summed E-state index contributed by atoms with van der Waals surface area (Å²) >= 11 is 0. The first kappa shape index (κ1) is 12.0. The second kappa shape index (κ2) is 4.89. The van der Waals surface area contributed by atoms with Gasteiger partial charge < -0.3 is 19.7 Å². The van der Waals surface area contributed by atoms with E-state index in [1.165, 1.54) is 0 Å². The Bertz CT molecular complexity index is 523. The van der Waals surface area contributed by atoms with E-state index in [0.29, 0.717) is 43.3 Å². The van der Waals surface area contributed by atoms with E-state index in [2.05, 4.69) is 5.32 Å². The summed E-state index contributed by atoms with van der Waals surface area (Å²) in [6.45, 7) is 2.34. The van der Waals surface area contributed by atoms with E-state index in [9.17, 15) is 9.59 Å². The number of nitrogens with one attached hydrogen (secondary N) is 1. The van der Waals surface area contributed by atoms with Crippen LogP contribution in [0.1, 0.15) is 10.4 Å². The van der Waals surface area contributed by atoms with Crippen molar-refractivity contribution >= 4 is 17.5 Å². The van der Waals surface area contributed by atoms with Crippen LogP contribution in [-0.2, 0) is 9.53 Å². The van der Waals surface area contributed by atoms with Crippen LogP contribution in [0.4, 0.5) is 5.69 Å². The molecule has 0 atom stereocenters. The molecule has 2 heterocycles. The summed E-state index contributed by atoms with van der Waals surface area (Å²) in [5.74, 6) is 0.340. The summed E-state index contributed by atoms with van der Waals surface area (Å²) in [6.07, 6.45) is 0. The molecule has 2 aliphatic rings. The number of anilines is 1. The molecular weight excluding hydrogens is 248 g/mol. The Morgan fingerprint density at radius 2 is 2.05 bits per heavy atom. The molecule has 1 aromatic rings. The predicted octanol–water partition coefficient (Wildman–Crippen LogP) is 0.490.